The number of pyridine rings is 1. The van der Waals surface area contributed by atoms with Gasteiger partial charge >= 0.3 is 0 Å². The van der Waals surface area contributed by atoms with Crippen molar-refractivity contribution in [1.82, 2.24) is 9.97 Å². The predicted octanol–water partition coefficient (Wildman–Crippen LogP) is 3.55. The number of rotatable bonds is 2. The lowest BCUT2D eigenvalue weighted by Gasteiger charge is -2.26. The van der Waals surface area contributed by atoms with Gasteiger partial charge in [-0.2, -0.15) is 5.26 Å². The second-order valence-corrected chi connectivity index (χ2v) is 7.52. The van der Waals surface area contributed by atoms with Crippen molar-refractivity contribution in [2.24, 2.45) is 5.73 Å². The van der Waals surface area contributed by atoms with E-state index < -0.39 is 11.5 Å². The molecule has 27 heavy (non-hydrogen) atoms. The number of halogens is 2. The Morgan fingerprint density at radius 2 is 2.07 bits per heavy atom. The van der Waals surface area contributed by atoms with Crippen LogP contribution in [0.3, 0.4) is 0 Å². The van der Waals surface area contributed by atoms with E-state index in [1.807, 2.05) is 6.07 Å². The quantitative estimate of drug-likeness (QED) is 0.584. The highest BCUT2D eigenvalue weighted by molar-refractivity contribution is 7.22. The SMILES string of the molecule is CNc1nc2[nH]c(=O)c3c(c2s1)OC(N)=C(C#N)C3c1c(Cl)cccc1Cl. The van der Waals surface area contributed by atoms with Gasteiger partial charge < -0.3 is 20.8 Å². The van der Waals surface area contributed by atoms with Crippen LogP contribution < -0.4 is 21.3 Å². The Bertz CT molecular complexity index is 1200. The summed E-state index contributed by atoms with van der Waals surface area (Å²) >= 11 is 14.0. The molecule has 10 heteroatoms. The minimum Gasteiger partial charge on any atom is -0.438 e. The molecular formula is C17H11Cl2N5O2S. The Morgan fingerprint density at radius 1 is 1.37 bits per heavy atom. The van der Waals surface area contributed by atoms with Crippen molar-refractivity contribution in [2.75, 3.05) is 12.4 Å². The van der Waals surface area contributed by atoms with Gasteiger partial charge in [0.1, 0.15) is 16.3 Å². The minimum atomic E-state index is -0.853. The van der Waals surface area contributed by atoms with Gasteiger partial charge in [0, 0.05) is 22.7 Å². The molecule has 0 bridgehead atoms. The highest BCUT2D eigenvalue weighted by atomic mass is 35.5. The van der Waals surface area contributed by atoms with E-state index in [9.17, 15) is 10.1 Å². The molecule has 0 fully saturated rings. The largest absolute Gasteiger partial charge is 0.438 e. The number of hydrogen-bond donors (Lipinski definition) is 3. The number of allylic oxidation sites excluding steroid dienone is 1. The van der Waals surface area contributed by atoms with Crippen LogP contribution in [-0.2, 0) is 0 Å². The Kier molecular flexibility index (Phi) is 4.23. The molecule has 2 aromatic heterocycles. The first-order valence-corrected chi connectivity index (χ1v) is 9.29. The minimum absolute atomic E-state index is 0.0701. The number of benzene rings is 1. The number of nitrogens with one attached hydrogen (secondary N) is 2. The van der Waals surface area contributed by atoms with Crippen LogP contribution in [0.15, 0.2) is 34.4 Å². The number of nitrogens with two attached hydrogens (primary N) is 1. The van der Waals surface area contributed by atoms with Gasteiger partial charge in [0.05, 0.1) is 11.5 Å². The number of thiazole rings is 1. The molecule has 1 atom stereocenters. The van der Waals surface area contributed by atoms with Crippen LogP contribution in [0.2, 0.25) is 10.0 Å². The van der Waals surface area contributed by atoms with E-state index in [4.69, 9.17) is 33.7 Å². The van der Waals surface area contributed by atoms with Gasteiger partial charge in [0.2, 0.25) is 5.88 Å². The summed E-state index contributed by atoms with van der Waals surface area (Å²) in [5.41, 5.74) is 6.64. The summed E-state index contributed by atoms with van der Waals surface area (Å²) in [6.45, 7) is 0. The topological polar surface area (TPSA) is 117 Å². The van der Waals surface area contributed by atoms with Crippen molar-refractivity contribution in [2.45, 2.75) is 5.92 Å². The average molecular weight is 420 g/mol. The van der Waals surface area contributed by atoms with Crippen molar-refractivity contribution in [1.29, 1.82) is 5.26 Å². The van der Waals surface area contributed by atoms with Gasteiger partial charge in [-0.3, -0.25) is 4.79 Å². The molecule has 136 valence electrons. The summed E-state index contributed by atoms with van der Waals surface area (Å²) < 4.78 is 6.29. The van der Waals surface area contributed by atoms with Crippen molar-refractivity contribution >= 4 is 50.0 Å². The fraction of sp³-hybridized carbons (Fsp3) is 0.118. The summed E-state index contributed by atoms with van der Waals surface area (Å²) in [4.78, 5) is 19.9. The standard InChI is InChI=1S/C17H11Cl2N5O2S/c1-22-17-24-15-13(27-17)12-11(16(25)23-15)9(6(5-20)14(21)26-12)10-7(18)3-2-4-8(10)19/h2-4,9H,21H2,1H3,(H2,22,23,24,25). The molecule has 0 radical (unpaired) electrons. The summed E-state index contributed by atoms with van der Waals surface area (Å²) in [6.07, 6.45) is 0. The van der Waals surface area contributed by atoms with Crippen molar-refractivity contribution in [3.63, 3.8) is 0 Å². The van der Waals surface area contributed by atoms with E-state index in [1.165, 1.54) is 11.3 Å². The predicted molar refractivity (Wildman–Crippen MR) is 106 cm³/mol. The third-order valence-electron chi connectivity index (χ3n) is 4.23. The lowest BCUT2D eigenvalue weighted by Crippen LogP contribution is -2.28. The highest BCUT2D eigenvalue weighted by Crippen LogP contribution is 2.48. The number of aromatic amines is 1. The number of ether oxygens (including phenoxy) is 1. The molecule has 1 aromatic carbocycles. The molecule has 0 aliphatic carbocycles. The number of fused-ring (bicyclic) bond motifs is 3. The lowest BCUT2D eigenvalue weighted by atomic mass is 9.84. The number of nitriles is 1. The third kappa shape index (κ3) is 2.63. The molecule has 0 saturated carbocycles. The van der Waals surface area contributed by atoms with E-state index in [0.717, 1.165) is 0 Å². The number of aromatic nitrogens is 2. The molecule has 3 aromatic rings. The van der Waals surface area contributed by atoms with Gasteiger partial charge in [0.25, 0.3) is 5.56 Å². The molecule has 3 heterocycles. The van der Waals surface area contributed by atoms with Crippen LogP contribution >= 0.6 is 34.5 Å². The highest BCUT2D eigenvalue weighted by Gasteiger charge is 2.37. The Balaban J connectivity index is 2.12. The van der Waals surface area contributed by atoms with Gasteiger partial charge in [-0.25, -0.2) is 4.98 Å². The van der Waals surface area contributed by atoms with Crippen LogP contribution in [0.1, 0.15) is 17.0 Å². The monoisotopic (exact) mass is 419 g/mol. The maximum Gasteiger partial charge on any atom is 0.257 e. The van der Waals surface area contributed by atoms with Crippen LogP contribution in [0.25, 0.3) is 10.3 Å². The normalized spacial score (nSPS) is 16.0. The third-order valence-corrected chi connectivity index (χ3v) is 5.96. The van der Waals surface area contributed by atoms with Gasteiger partial charge in [-0.1, -0.05) is 40.6 Å². The van der Waals surface area contributed by atoms with Crippen LogP contribution in [0.5, 0.6) is 5.75 Å². The zero-order valence-electron chi connectivity index (χ0n) is 13.8. The first-order chi connectivity index (χ1) is 13.0. The first-order valence-electron chi connectivity index (χ1n) is 7.72. The van der Waals surface area contributed by atoms with Crippen molar-refractivity contribution in [3.8, 4) is 11.8 Å². The molecule has 7 nitrogen and oxygen atoms in total. The molecule has 0 amide bonds. The van der Waals surface area contributed by atoms with Crippen molar-refractivity contribution in [3.05, 3.63) is 61.2 Å². The van der Waals surface area contributed by atoms with Gasteiger partial charge in [-0.05, 0) is 12.1 Å². The summed E-state index contributed by atoms with van der Waals surface area (Å²) in [6, 6.07) is 6.99. The molecule has 0 spiro atoms. The zero-order chi connectivity index (χ0) is 19.3. The second-order valence-electron chi connectivity index (χ2n) is 5.70. The van der Waals surface area contributed by atoms with E-state index in [1.54, 1.807) is 25.2 Å². The molecule has 4 N–H and O–H groups in total. The zero-order valence-corrected chi connectivity index (χ0v) is 16.1. The number of anilines is 1. The van der Waals surface area contributed by atoms with Crippen molar-refractivity contribution < 1.29 is 4.74 Å². The lowest BCUT2D eigenvalue weighted by molar-refractivity contribution is 0.397. The van der Waals surface area contributed by atoms with Gasteiger partial charge in [0.15, 0.2) is 16.5 Å². The molecule has 1 unspecified atom stereocenters. The summed E-state index contributed by atoms with van der Waals surface area (Å²) in [5, 5.41) is 13.8. The molecular weight excluding hydrogens is 409 g/mol. The molecule has 1 aliphatic rings. The van der Waals surface area contributed by atoms with E-state index in [2.05, 4.69) is 15.3 Å². The molecule has 4 rings (SSSR count). The average Bonchev–Trinajstić information content (AvgIpc) is 3.04. The van der Waals surface area contributed by atoms with E-state index in [-0.39, 0.29) is 22.8 Å². The van der Waals surface area contributed by atoms with Crippen LogP contribution in [0.4, 0.5) is 5.13 Å². The van der Waals surface area contributed by atoms with E-state index >= 15 is 0 Å². The number of hydrogen-bond acceptors (Lipinski definition) is 7. The maximum atomic E-state index is 12.9. The fourth-order valence-corrected chi connectivity index (χ4v) is 4.56. The first kappa shape index (κ1) is 17.7. The smallest absolute Gasteiger partial charge is 0.257 e. The van der Waals surface area contributed by atoms with E-state index in [0.29, 0.717) is 31.1 Å². The number of nitrogens with zero attached hydrogens (tertiary/aromatic N) is 2. The summed E-state index contributed by atoms with van der Waals surface area (Å²) in [7, 11) is 1.72. The Hall–Kier alpha value is -2.73. The van der Waals surface area contributed by atoms with Crippen LogP contribution in [-0.4, -0.2) is 17.0 Å². The maximum absolute atomic E-state index is 12.9. The Labute approximate surface area is 167 Å². The number of H-pyrrole nitrogens is 1. The Morgan fingerprint density at radius 3 is 2.70 bits per heavy atom. The molecule has 1 aliphatic heterocycles. The second kappa shape index (κ2) is 6.46. The summed E-state index contributed by atoms with van der Waals surface area (Å²) in [5.74, 6) is -0.698. The van der Waals surface area contributed by atoms with Gasteiger partial charge in [-0.15, -0.1) is 0 Å². The van der Waals surface area contributed by atoms with Crippen LogP contribution in [0, 0.1) is 11.3 Å². The fourth-order valence-electron chi connectivity index (χ4n) is 3.08. The molecule has 0 saturated heterocycles.